The van der Waals surface area contributed by atoms with E-state index in [1.165, 1.54) is 23.1 Å². The molecule has 0 atom stereocenters. The van der Waals surface area contributed by atoms with Gasteiger partial charge in [0.1, 0.15) is 12.7 Å². The van der Waals surface area contributed by atoms with Crippen LogP contribution in [0.2, 0.25) is 5.28 Å². The molecule has 0 spiro atoms. The zero-order valence-corrected chi connectivity index (χ0v) is 11.7. The van der Waals surface area contributed by atoms with Gasteiger partial charge in [0.15, 0.2) is 0 Å². The summed E-state index contributed by atoms with van der Waals surface area (Å²) in [7, 11) is 0. The number of halogens is 1. The molecule has 2 aromatic heterocycles. The molecule has 1 aliphatic heterocycles. The fraction of sp³-hybridized carbons (Fsp3) is 0.500. The van der Waals surface area contributed by atoms with Crippen molar-refractivity contribution in [2.75, 3.05) is 29.5 Å². The molecule has 0 aliphatic carbocycles. The molecular weight excluding hydrogens is 286 g/mol. The topological polar surface area (TPSA) is 72.6 Å². The Morgan fingerprint density at radius 1 is 1.11 bits per heavy atom. The SMILES string of the molecule is Clc1nc(N2CCCSCC2)nc(-n2cncn2)n1. The van der Waals surface area contributed by atoms with Crippen molar-refractivity contribution in [2.45, 2.75) is 6.42 Å². The second-order valence-corrected chi connectivity index (χ2v) is 5.56. The molecule has 0 aromatic carbocycles. The Hall–Kier alpha value is -1.41. The van der Waals surface area contributed by atoms with Gasteiger partial charge in [-0.2, -0.15) is 36.5 Å². The van der Waals surface area contributed by atoms with Gasteiger partial charge in [0.25, 0.3) is 5.95 Å². The average Bonchev–Trinajstić information content (AvgIpc) is 2.81. The molecule has 7 nitrogen and oxygen atoms in total. The summed E-state index contributed by atoms with van der Waals surface area (Å²) in [6, 6.07) is 0. The van der Waals surface area contributed by atoms with Crippen LogP contribution in [0.5, 0.6) is 0 Å². The van der Waals surface area contributed by atoms with E-state index in [1.807, 2.05) is 11.8 Å². The molecule has 1 aliphatic rings. The van der Waals surface area contributed by atoms with Crippen LogP contribution in [-0.4, -0.2) is 54.3 Å². The van der Waals surface area contributed by atoms with Crippen molar-refractivity contribution >= 4 is 29.3 Å². The molecular formula is C10H12ClN7S. The first kappa shape index (κ1) is 12.6. The van der Waals surface area contributed by atoms with Crippen LogP contribution in [0, 0.1) is 0 Å². The number of hydrogen-bond donors (Lipinski definition) is 0. The molecule has 0 bridgehead atoms. The van der Waals surface area contributed by atoms with E-state index in [0.29, 0.717) is 11.9 Å². The highest BCUT2D eigenvalue weighted by Gasteiger charge is 2.15. The third-order valence-corrected chi connectivity index (χ3v) is 3.93. The van der Waals surface area contributed by atoms with E-state index < -0.39 is 0 Å². The molecule has 1 fully saturated rings. The Balaban J connectivity index is 1.92. The Morgan fingerprint density at radius 3 is 2.84 bits per heavy atom. The van der Waals surface area contributed by atoms with Crippen molar-refractivity contribution < 1.29 is 0 Å². The molecule has 0 amide bonds. The standard InChI is InChI=1S/C10H12ClN7S/c11-8-14-9(17-2-1-4-19-5-3-17)16-10(15-8)18-7-12-6-13-18/h6-7H,1-5H2. The summed E-state index contributed by atoms with van der Waals surface area (Å²) in [6.45, 7) is 1.85. The first-order valence-electron chi connectivity index (χ1n) is 5.92. The van der Waals surface area contributed by atoms with Crippen molar-refractivity contribution in [1.29, 1.82) is 0 Å². The third-order valence-electron chi connectivity index (χ3n) is 2.71. The van der Waals surface area contributed by atoms with Gasteiger partial charge in [-0.3, -0.25) is 0 Å². The highest BCUT2D eigenvalue weighted by molar-refractivity contribution is 7.99. The lowest BCUT2D eigenvalue weighted by Crippen LogP contribution is -2.28. The number of hydrogen-bond acceptors (Lipinski definition) is 7. The van der Waals surface area contributed by atoms with Gasteiger partial charge in [0.05, 0.1) is 0 Å². The van der Waals surface area contributed by atoms with Crippen LogP contribution >= 0.6 is 23.4 Å². The van der Waals surface area contributed by atoms with Gasteiger partial charge in [0, 0.05) is 18.8 Å². The molecule has 3 rings (SSSR count). The Labute approximate surface area is 119 Å². The number of aromatic nitrogens is 6. The molecule has 19 heavy (non-hydrogen) atoms. The van der Waals surface area contributed by atoms with Crippen molar-refractivity contribution in [3.8, 4) is 5.95 Å². The lowest BCUT2D eigenvalue weighted by atomic mass is 10.4. The number of anilines is 1. The predicted octanol–water partition coefficient (Wildman–Crippen LogP) is 1.05. The van der Waals surface area contributed by atoms with Crippen LogP contribution in [0.1, 0.15) is 6.42 Å². The van der Waals surface area contributed by atoms with E-state index in [-0.39, 0.29) is 5.28 Å². The van der Waals surface area contributed by atoms with Crippen LogP contribution in [-0.2, 0) is 0 Å². The van der Waals surface area contributed by atoms with Gasteiger partial charge in [-0.1, -0.05) is 0 Å². The average molecular weight is 298 g/mol. The third kappa shape index (κ3) is 2.95. The Bertz CT molecular complexity index is 539. The molecule has 0 radical (unpaired) electrons. The summed E-state index contributed by atoms with van der Waals surface area (Å²) < 4.78 is 1.48. The van der Waals surface area contributed by atoms with Gasteiger partial charge >= 0.3 is 0 Å². The van der Waals surface area contributed by atoms with Crippen LogP contribution < -0.4 is 4.90 Å². The lowest BCUT2D eigenvalue weighted by Gasteiger charge is -2.19. The summed E-state index contributed by atoms with van der Waals surface area (Å²) in [5, 5.41) is 4.18. The molecule has 0 saturated carbocycles. The summed E-state index contributed by atoms with van der Waals surface area (Å²) >= 11 is 7.92. The number of rotatable bonds is 2. The molecule has 0 unspecified atom stereocenters. The van der Waals surface area contributed by atoms with E-state index in [4.69, 9.17) is 11.6 Å². The van der Waals surface area contributed by atoms with Crippen LogP contribution in [0.15, 0.2) is 12.7 Å². The molecule has 1 saturated heterocycles. The van der Waals surface area contributed by atoms with Gasteiger partial charge < -0.3 is 4.90 Å². The molecule has 9 heteroatoms. The maximum atomic E-state index is 5.97. The van der Waals surface area contributed by atoms with Gasteiger partial charge in [-0.15, -0.1) is 0 Å². The van der Waals surface area contributed by atoms with Crippen LogP contribution in [0.25, 0.3) is 5.95 Å². The largest absolute Gasteiger partial charge is 0.340 e. The predicted molar refractivity (Wildman–Crippen MR) is 73.9 cm³/mol. The minimum Gasteiger partial charge on any atom is -0.340 e. The van der Waals surface area contributed by atoms with Crippen molar-refractivity contribution in [3.05, 3.63) is 17.9 Å². The monoisotopic (exact) mass is 297 g/mol. The first-order valence-corrected chi connectivity index (χ1v) is 7.45. The van der Waals surface area contributed by atoms with Crippen molar-refractivity contribution in [1.82, 2.24) is 29.7 Å². The van der Waals surface area contributed by atoms with Gasteiger partial charge in [0.2, 0.25) is 11.2 Å². The van der Waals surface area contributed by atoms with Gasteiger partial charge in [-0.05, 0) is 23.8 Å². The highest BCUT2D eigenvalue weighted by Crippen LogP contribution is 2.17. The van der Waals surface area contributed by atoms with Gasteiger partial charge in [-0.25, -0.2) is 4.98 Å². The smallest absolute Gasteiger partial charge is 0.258 e. The lowest BCUT2D eigenvalue weighted by molar-refractivity contribution is 0.745. The molecule has 3 heterocycles. The van der Waals surface area contributed by atoms with Crippen LogP contribution in [0.4, 0.5) is 5.95 Å². The molecule has 0 N–H and O–H groups in total. The second-order valence-electron chi connectivity index (χ2n) is 4.00. The number of nitrogens with zero attached hydrogens (tertiary/aromatic N) is 7. The Morgan fingerprint density at radius 2 is 2.00 bits per heavy atom. The van der Waals surface area contributed by atoms with E-state index in [2.05, 4.69) is 29.9 Å². The number of thioether (sulfide) groups is 1. The maximum absolute atomic E-state index is 5.97. The molecule has 2 aromatic rings. The van der Waals surface area contributed by atoms with E-state index in [1.54, 1.807) is 0 Å². The van der Waals surface area contributed by atoms with E-state index in [9.17, 15) is 0 Å². The van der Waals surface area contributed by atoms with Crippen molar-refractivity contribution in [3.63, 3.8) is 0 Å². The quantitative estimate of drug-likeness (QED) is 0.820. The summed E-state index contributed by atoms with van der Waals surface area (Å²) in [4.78, 5) is 18.7. The Kier molecular flexibility index (Phi) is 3.79. The molecule has 100 valence electrons. The highest BCUT2D eigenvalue weighted by atomic mass is 35.5. The zero-order chi connectivity index (χ0) is 13.1. The summed E-state index contributed by atoms with van der Waals surface area (Å²) in [6.07, 6.45) is 4.08. The fourth-order valence-electron chi connectivity index (χ4n) is 1.83. The van der Waals surface area contributed by atoms with E-state index in [0.717, 1.165) is 25.3 Å². The second kappa shape index (κ2) is 5.70. The fourth-order valence-corrected chi connectivity index (χ4v) is 2.87. The zero-order valence-electron chi connectivity index (χ0n) is 10.1. The summed E-state index contributed by atoms with van der Waals surface area (Å²) in [5.74, 6) is 3.24. The first-order chi connectivity index (χ1) is 9.33. The van der Waals surface area contributed by atoms with E-state index >= 15 is 0 Å². The minimum absolute atomic E-state index is 0.174. The van der Waals surface area contributed by atoms with Crippen molar-refractivity contribution in [2.24, 2.45) is 0 Å². The summed E-state index contributed by atoms with van der Waals surface area (Å²) in [5.41, 5.74) is 0. The minimum atomic E-state index is 0.174. The van der Waals surface area contributed by atoms with Crippen LogP contribution in [0.3, 0.4) is 0 Å². The normalized spacial score (nSPS) is 16.4. The maximum Gasteiger partial charge on any atom is 0.258 e.